The number of hydrogen-bond donors (Lipinski definition) is 0. The molecule has 7 aromatic carbocycles. The lowest BCUT2D eigenvalue weighted by Gasteiger charge is -2.44. The van der Waals surface area contributed by atoms with E-state index in [2.05, 4.69) is 25.1 Å². The van der Waals surface area contributed by atoms with Crippen molar-refractivity contribution in [2.24, 2.45) is 0 Å². The van der Waals surface area contributed by atoms with Crippen molar-refractivity contribution < 1.29 is 102 Å². The molecular formula is C57H38BF20NO2. The molecule has 3 nitrogen and oxygen atoms in total. The Morgan fingerprint density at radius 1 is 0.383 bits per heavy atom. The number of para-hydroxylation sites is 1. The van der Waals surface area contributed by atoms with E-state index in [1.165, 1.54) is 56.9 Å². The zero-order chi connectivity index (χ0) is 59.4. The van der Waals surface area contributed by atoms with Crippen LogP contribution in [0, 0.1) is 116 Å². The lowest BCUT2D eigenvalue weighted by molar-refractivity contribution is -0.661. The number of hydrogen-bond acceptors (Lipinski definition) is 2. The van der Waals surface area contributed by atoms with Crippen LogP contribution in [0.25, 0.3) is 10.9 Å². The highest BCUT2D eigenvalue weighted by atomic mass is 19.2. The van der Waals surface area contributed by atoms with Gasteiger partial charge in [0.1, 0.15) is 58.4 Å². The van der Waals surface area contributed by atoms with Crippen molar-refractivity contribution in [3.05, 3.63) is 218 Å². The van der Waals surface area contributed by atoms with Gasteiger partial charge in [-0.15, -0.1) is 21.9 Å². The Balaban J connectivity index is 0.000000239. The summed E-state index contributed by atoms with van der Waals surface area (Å²) in [5.74, 6) is -69.9. The first-order valence-corrected chi connectivity index (χ1v) is 24.4. The summed E-state index contributed by atoms with van der Waals surface area (Å²) in [7, 11) is 0. The number of Topliss-reactive ketones (excluding diaryl/α,β-unsaturated/α-hetero) is 1. The molecule has 8 aromatic rings. The minimum absolute atomic E-state index is 0.0579. The third kappa shape index (κ3) is 11.4. The van der Waals surface area contributed by atoms with Gasteiger partial charge in [-0.2, -0.15) is 4.57 Å². The molecule has 0 aliphatic rings. The van der Waals surface area contributed by atoms with E-state index in [0.717, 1.165) is 23.1 Å². The monoisotopic (exact) mass is 1160 g/mol. The zero-order valence-electron chi connectivity index (χ0n) is 41.6. The van der Waals surface area contributed by atoms with Crippen LogP contribution in [0.15, 0.2) is 91.0 Å². The van der Waals surface area contributed by atoms with Crippen molar-refractivity contribution in [1.82, 2.24) is 0 Å². The van der Waals surface area contributed by atoms with Crippen LogP contribution in [0.3, 0.4) is 0 Å². The molecule has 426 valence electrons. The molecule has 0 atom stereocenters. The first kappa shape index (κ1) is 60.7. The van der Waals surface area contributed by atoms with Crippen LogP contribution in [0.4, 0.5) is 87.8 Å². The van der Waals surface area contributed by atoms with E-state index in [1.54, 1.807) is 0 Å². The quantitative estimate of drug-likeness (QED) is 0.0163. The maximum atomic E-state index is 15.4. The Bertz CT molecular complexity index is 3290. The molecule has 0 saturated heterocycles. The zero-order valence-corrected chi connectivity index (χ0v) is 41.6. The number of ether oxygens (including phenoxy) is 1. The maximum Gasteiger partial charge on any atom is 0.374 e. The average Bonchev–Trinajstić information content (AvgIpc) is 3.03. The van der Waals surface area contributed by atoms with E-state index in [-0.39, 0.29) is 12.3 Å². The number of nitrogens with zero attached hydrogens (tertiary/aromatic N) is 1. The molecule has 8 rings (SSSR count). The lowest BCUT2D eigenvalue weighted by Crippen LogP contribution is -2.81. The molecule has 0 aliphatic heterocycles. The van der Waals surface area contributed by atoms with E-state index in [9.17, 15) is 57.5 Å². The summed E-state index contributed by atoms with van der Waals surface area (Å²) in [5.41, 5.74) is -11.3. The van der Waals surface area contributed by atoms with Gasteiger partial charge in [0.05, 0.1) is 6.07 Å². The summed E-state index contributed by atoms with van der Waals surface area (Å²) >= 11 is 0. The normalized spacial score (nSPS) is 11.6. The summed E-state index contributed by atoms with van der Waals surface area (Å²) in [6, 6.07) is 29.9. The second kappa shape index (κ2) is 25.3. The van der Waals surface area contributed by atoms with E-state index in [0.29, 0.717) is 11.4 Å². The predicted octanol–water partition coefficient (Wildman–Crippen LogP) is 14.3. The molecule has 24 heteroatoms. The molecule has 0 aliphatic carbocycles. The third-order valence-electron chi connectivity index (χ3n) is 13.5. The van der Waals surface area contributed by atoms with Crippen LogP contribution in [-0.4, -0.2) is 11.9 Å². The number of fused-ring (bicyclic) bond motifs is 1. The maximum absolute atomic E-state index is 15.4. The van der Waals surface area contributed by atoms with Crippen LogP contribution >= 0.6 is 0 Å². The van der Waals surface area contributed by atoms with Crippen LogP contribution < -0.4 is 31.2 Å². The summed E-state index contributed by atoms with van der Waals surface area (Å²) in [6.45, 7) is 2.49. The number of benzene rings is 7. The van der Waals surface area contributed by atoms with Crippen molar-refractivity contribution in [2.75, 3.05) is 0 Å². The van der Waals surface area contributed by atoms with Gasteiger partial charge in [-0.05, 0) is 42.7 Å². The van der Waals surface area contributed by atoms with E-state index >= 15 is 35.1 Å². The van der Waals surface area contributed by atoms with Crippen molar-refractivity contribution in [1.29, 1.82) is 0 Å². The fourth-order valence-electron chi connectivity index (χ4n) is 9.54. The molecule has 1 aromatic heterocycles. The smallest absolute Gasteiger partial charge is 0.374 e. The Morgan fingerprint density at radius 3 is 1.12 bits per heavy atom. The Labute approximate surface area is 447 Å². The topological polar surface area (TPSA) is 30.2 Å². The van der Waals surface area contributed by atoms with Gasteiger partial charge in [0, 0.05) is 17.0 Å². The number of halogens is 20. The van der Waals surface area contributed by atoms with E-state index in [4.69, 9.17) is 4.74 Å². The number of rotatable bonds is 18. The second-order valence-corrected chi connectivity index (χ2v) is 18.4. The Hall–Kier alpha value is -7.92. The molecule has 81 heavy (non-hydrogen) atoms. The van der Waals surface area contributed by atoms with Gasteiger partial charge < -0.3 is 4.74 Å². The van der Waals surface area contributed by atoms with Gasteiger partial charge in [-0.3, -0.25) is 4.79 Å². The van der Waals surface area contributed by atoms with Crippen LogP contribution in [0.5, 0.6) is 11.6 Å². The highest BCUT2D eigenvalue weighted by Gasteiger charge is 2.52. The average molecular weight is 1160 g/mol. The number of unbranched alkanes of at least 4 members (excludes halogenated alkanes) is 7. The van der Waals surface area contributed by atoms with Crippen molar-refractivity contribution in [3.8, 4) is 11.6 Å². The van der Waals surface area contributed by atoms with Gasteiger partial charge in [-0.1, -0.05) is 106 Å². The van der Waals surface area contributed by atoms with Gasteiger partial charge in [-0.25, -0.2) is 87.8 Å². The highest BCUT2D eigenvalue weighted by Crippen LogP contribution is 2.31. The van der Waals surface area contributed by atoms with Crippen LogP contribution in [-0.2, 0) is 13.0 Å². The number of ketones is 1. The summed E-state index contributed by atoms with van der Waals surface area (Å²) in [4.78, 5) is 13.0. The number of aryl methyl sites for hydroxylation is 1. The van der Waals surface area contributed by atoms with E-state index < -0.39 is 144 Å². The van der Waals surface area contributed by atoms with Gasteiger partial charge in [0.2, 0.25) is 17.8 Å². The molecule has 0 radical (unpaired) electrons. The van der Waals surface area contributed by atoms with E-state index in [1.807, 2.05) is 77.4 Å². The van der Waals surface area contributed by atoms with Crippen molar-refractivity contribution in [2.45, 2.75) is 71.3 Å². The highest BCUT2D eigenvalue weighted by molar-refractivity contribution is 7.20. The van der Waals surface area contributed by atoms with Gasteiger partial charge in [0.25, 0.3) is 0 Å². The van der Waals surface area contributed by atoms with Crippen LogP contribution in [0.1, 0.15) is 74.2 Å². The first-order chi connectivity index (χ1) is 38.4. The molecule has 0 unspecified atom stereocenters. The molecule has 0 N–H and O–H groups in total. The SMILES string of the molecule is CCCCCCCCCCc1ccc(Oc2ccc3ccccc3[n+]2CC(=O)c2ccccc2)cc1.Fc1c(F)c(F)c([B-](c2c(F)c(F)c(F)c(F)c2F)(c2c(F)c(F)c(F)c(F)c2F)c2c(F)c(F)c(F)c(F)c2F)c(F)c1F. The number of carbonyl (C=O) groups excluding carboxylic acids is 1. The Kier molecular flexibility index (Phi) is 18.9. The van der Waals surface area contributed by atoms with Crippen LogP contribution in [0.2, 0.25) is 0 Å². The molecule has 0 amide bonds. The number of carbonyl (C=O) groups is 1. The molecular weight excluding hydrogens is 1120 g/mol. The summed E-state index contributed by atoms with van der Waals surface area (Å²) < 4.78 is 302. The largest absolute Gasteiger partial charge is 0.405 e. The summed E-state index contributed by atoms with van der Waals surface area (Å²) in [5, 5.41) is 1.08. The van der Waals surface area contributed by atoms with Gasteiger partial charge in [0.15, 0.2) is 69.8 Å². The second-order valence-electron chi connectivity index (χ2n) is 18.4. The number of aromatic nitrogens is 1. The van der Waals surface area contributed by atoms with Crippen molar-refractivity contribution in [3.63, 3.8) is 0 Å². The molecule has 0 spiro atoms. The fourth-order valence-corrected chi connectivity index (χ4v) is 9.54. The minimum atomic E-state index is -7.22. The number of pyridine rings is 1. The summed E-state index contributed by atoms with van der Waals surface area (Å²) in [6.07, 6.45) is 4.59. The molecule has 0 saturated carbocycles. The minimum Gasteiger partial charge on any atom is -0.405 e. The molecule has 1 heterocycles. The van der Waals surface area contributed by atoms with Crippen molar-refractivity contribution >= 4 is 44.7 Å². The standard InChI is InChI=1S/C33H38NO2.C24BF20/c1-2-3-4-5-6-7-8-10-15-27-20-23-30(24-21-27)36-33-25-22-28-16-13-14-19-31(28)34(33)26-32(35)29-17-11-9-12-18-29;26-5-1(6(27)14(35)21(42)13(5)34)25(2-7(28)15(36)22(43)16(37)8(2)29,3-9(30)17(38)23(44)18(39)10(3)31)4-11(32)19(40)24(45)20(41)12(4)33/h9,11-14,16-25H,2-8,10,15,26H2,1H3;/q+1;-1. The fraction of sp³-hybridized carbons (Fsp3) is 0.193. The van der Waals surface area contributed by atoms with Gasteiger partial charge >= 0.3 is 5.88 Å². The Morgan fingerprint density at radius 2 is 0.728 bits per heavy atom. The third-order valence-corrected chi connectivity index (χ3v) is 13.5. The molecule has 0 bridgehead atoms. The lowest BCUT2D eigenvalue weighted by atomic mass is 9.12. The molecule has 0 fully saturated rings. The predicted molar refractivity (Wildman–Crippen MR) is 257 cm³/mol. The first-order valence-electron chi connectivity index (χ1n) is 24.4.